The van der Waals surface area contributed by atoms with Gasteiger partial charge in [-0.25, -0.2) is 14.4 Å². The fraction of sp³-hybridized carbons (Fsp3) is 0.333. The molecule has 0 radical (unpaired) electrons. The zero-order valence-corrected chi connectivity index (χ0v) is 21.3. The highest BCUT2D eigenvalue weighted by atomic mass is 19.1. The van der Waals surface area contributed by atoms with Crippen molar-refractivity contribution < 1.29 is 19.0 Å². The summed E-state index contributed by atoms with van der Waals surface area (Å²) in [5.74, 6) is 0.585. The van der Waals surface area contributed by atoms with Gasteiger partial charge in [0.25, 0.3) is 0 Å². The first-order chi connectivity index (χ1) is 18.5. The van der Waals surface area contributed by atoms with Gasteiger partial charge in [0.05, 0.1) is 30.6 Å². The van der Waals surface area contributed by atoms with Gasteiger partial charge < -0.3 is 25.4 Å². The van der Waals surface area contributed by atoms with E-state index in [0.717, 1.165) is 42.6 Å². The van der Waals surface area contributed by atoms with E-state index in [1.165, 1.54) is 29.2 Å². The number of fused-ring (bicyclic) bond motifs is 1. The van der Waals surface area contributed by atoms with Gasteiger partial charge in [0.1, 0.15) is 30.3 Å². The van der Waals surface area contributed by atoms with Gasteiger partial charge in [-0.2, -0.15) is 5.10 Å². The summed E-state index contributed by atoms with van der Waals surface area (Å²) in [5, 5.41) is 20.1. The van der Waals surface area contributed by atoms with Crippen molar-refractivity contribution in [3.05, 3.63) is 67.0 Å². The normalized spacial score (nSPS) is 11.2. The third-order valence-corrected chi connectivity index (χ3v) is 5.76. The molecule has 4 rings (SSSR count). The number of rotatable bonds is 14. The molecule has 4 aromatic rings. The minimum absolute atomic E-state index is 0.0282. The van der Waals surface area contributed by atoms with Crippen LogP contribution in [0, 0.1) is 5.82 Å². The molecule has 0 bridgehead atoms. The quantitative estimate of drug-likeness (QED) is 0.215. The van der Waals surface area contributed by atoms with Crippen LogP contribution in [0.15, 0.2) is 61.2 Å². The highest BCUT2D eigenvalue weighted by Crippen LogP contribution is 2.26. The second-order valence-electron chi connectivity index (χ2n) is 8.78. The molecular formula is C27H32FN7O3. The first-order valence-corrected chi connectivity index (χ1v) is 12.6. The molecule has 0 saturated carbocycles. The molecule has 2 aromatic carbocycles. The number of hydrogen-bond acceptors (Lipinski definition) is 8. The Morgan fingerprint density at radius 1 is 1.13 bits per heavy atom. The van der Waals surface area contributed by atoms with E-state index in [1.54, 1.807) is 18.5 Å². The summed E-state index contributed by atoms with van der Waals surface area (Å²) < 4.78 is 20.7. The van der Waals surface area contributed by atoms with E-state index in [-0.39, 0.29) is 19.1 Å². The van der Waals surface area contributed by atoms with Crippen molar-refractivity contribution in [2.45, 2.75) is 26.3 Å². The number of aliphatic hydroxyl groups is 1. The third kappa shape index (κ3) is 7.70. The van der Waals surface area contributed by atoms with Crippen molar-refractivity contribution in [1.82, 2.24) is 24.6 Å². The Balaban J connectivity index is 1.33. The molecule has 38 heavy (non-hydrogen) atoms. The van der Waals surface area contributed by atoms with Crippen LogP contribution in [0.3, 0.4) is 0 Å². The maximum Gasteiger partial charge on any atom is 0.246 e. The van der Waals surface area contributed by atoms with Crippen LogP contribution >= 0.6 is 0 Å². The van der Waals surface area contributed by atoms with Gasteiger partial charge in [-0.15, -0.1) is 0 Å². The number of carbonyl (C=O) groups excluding carboxylic acids is 1. The minimum atomic E-state index is -0.419. The lowest BCUT2D eigenvalue weighted by Crippen LogP contribution is -2.29. The number of aromatic nitrogens is 4. The van der Waals surface area contributed by atoms with E-state index >= 15 is 0 Å². The van der Waals surface area contributed by atoms with Crippen LogP contribution in [-0.2, 0) is 11.3 Å². The van der Waals surface area contributed by atoms with Gasteiger partial charge in [0.2, 0.25) is 5.91 Å². The van der Waals surface area contributed by atoms with Gasteiger partial charge in [0, 0.05) is 36.4 Å². The molecule has 0 saturated heterocycles. The van der Waals surface area contributed by atoms with Crippen molar-refractivity contribution in [3.63, 3.8) is 0 Å². The molecule has 200 valence electrons. The van der Waals surface area contributed by atoms with Gasteiger partial charge >= 0.3 is 0 Å². The first-order valence-electron chi connectivity index (χ1n) is 12.6. The lowest BCUT2D eigenvalue weighted by atomic mass is 10.2. The van der Waals surface area contributed by atoms with E-state index in [0.29, 0.717) is 30.3 Å². The molecule has 1 amide bonds. The Bertz CT molecular complexity index is 1340. The van der Waals surface area contributed by atoms with Crippen LogP contribution < -0.4 is 15.4 Å². The number of benzene rings is 2. The predicted molar refractivity (Wildman–Crippen MR) is 144 cm³/mol. The number of ether oxygens (including phenoxy) is 1. The fourth-order valence-electron chi connectivity index (χ4n) is 4.06. The summed E-state index contributed by atoms with van der Waals surface area (Å²) >= 11 is 0. The van der Waals surface area contributed by atoms with Gasteiger partial charge in [-0.3, -0.25) is 9.48 Å². The number of nitrogens with zero attached hydrogens (tertiary/aromatic N) is 5. The Hall–Kier alpha value is -4.09. The maximum absolute atomic E-state index is 13.3. The number of hydrogen-bond donors (Lipinski definition) is 3. The molecule has 11 heteroatoms. The average Bonchev–Trinajstić information content (AvgIpc) is 3.33. The van der Waals surface area contributed by atoms with Crippen molar-refractivity contribution in [2.24, 2.45) is 0 Å². The second-order valence-corrected chi connectivity index (χ2v) is 8.78. The Morgan fingerprint density at radius 2 is 2.03 bits per heavy atom. The van der Waals surface area contributed by atoms with Crippen molar-refractivity contribution in [3.8, 4) is 5.75 Å². The predicted octanol–water partition coefficient (Wildman–Crippen LogP) is 3.82. The standard InChI is InChI=1S/C27H32FN7O3/c1-2-9-34(11-12-36)10-4-13-38-23-7-8-24-25(15-23)29-19-30-27(24)33-22-16-31-35(17-22)18-26(37)32-21-6-3-5-20(28)14-21/h3,5-8,14-17,19,36H,2,4,9-13,18H2,1H3,(H,32,37)(H,29,30,33). The zero-order valence-electron chi connectivity index (χ0n) is 21.3. The van der Waals surface area contributed by atoms with Crippen LogP contribution in [0.25, 0.3) is 10.9 Å². The summed E-state index contributed by atoms with van der Waals surface area (Å²) in [5.41, 5.74) is 1.77. The summed E-state index contributed by atoms with van der Waals surface area (Å²) in [6.07, 6.45) is 6.67. The van der Waals surface area contributed by atoms with E-state index < -0.39 is 5.82 Å². The molecule has 0 aliphatic carbocycles. The number of carbonyl (C=O) groups is 1. The number of nitrogens with one attached hydrogen (secondary N) is 2. The van der Waals surface area contributed by atoms with Crippen molar-refractivity contribution >= 4 is 34.0 Å². The molecule has 0 spiro atoms. The molecule has 2 heterocycles. The second kappa shape index (κ2) is 13.5. The van der Waals surface area contributed by atoms with Crippen molar-refractivity contribution in [2.75, 3.05) is 43.5 Å². The first kappa shape index (κ1) is 27.0. The average molecular weight is 522 g/mol. The summed E-state index contributed by atoms with van der Waals surface area (Å²) in [7, 11) is 0. The van der Waals surface area contributed by atoms with Gasteiger partial charge in [0.15, 0.2) is 0 Å². The van der Waals surface area contributed by atoms with Gasteiger partial charge in [-0.05, 0) is 49.7 Å². The molecular weight excluding hydrogens is 489 g/mol. The highest BCUT2D eigenvalue weighted by molar-refractivity contribution is 5.92. The molecule has 0 atom stereocenters. The molecule has 0 aliphatic heterocycles. The molecule has 0 aliphatic rings. The van der Waals surface area contributed by atoms with Crippen LogP contribution in [0.2, 0.25) is 0 Å². The lowest BCUT2D eigenvalue weighted by molar-refractivity contribution is -0.116. The maximum atomic E-state index is 13.3. The fourth-order valence-corrected chi connectivity index (χ4v) is 4.06. The highest BCUT2D eigenvalue weighted by Gasteiger charge is 2.10. The van der Waals surface area contributed by atoms with Crippen LogP contribution in [0.1, 0.15) is 19.8 Å². The Kier molecular flexibility index (Phi) is 9.54. The van der Waals surface area contributed by atoms with Crippen molar-refractivity contribution in [1.29, 1.82) is 0 Å². The van der Waals surface area contributed by atoms with Gasteiger partial charge in [-0.1, -0.05) is 13.0 Å². The number of aliphatic hydroxyl groups excluding tert-OH is 1. The third-order valence-electron chi connectivity index (χ3n) is 5.76. The monoisotopic (exact) mass is 521 g/mol. The molecule has 0 fully saturated rings. The van der Waals surface area contributed by atoms with E-state index in [2.05, 4.69) is 37.5 Å². The number of amides is 1. The molecule has 10 nitrogen and oxygen atoms in total. The Labute approximate surface area is 220 Å². The molecule has 2 aromatic heterocycles. The van der Waals surface area contributed by atoms with Crippen LogP contribution in [0.4, 0.5) is 21.6 Å². The van der Waals surface area contributed by atoms with E-state index in [1.807, 2.05) is 18.2 Å². The Morgan fingerprint density at radius 3 is 2.84 bits per heavy atom. The van der Waals surface area contributed by atoms with E-state index in [4.69, 9.17) is 4.74 Å². The largest absolute Gasteiger partial charge is 0.493 e. The smallest absolute Gasteiger partial charge is 0.246 e. The number of anilines is 3. The SMILES string of the molecule is CCCN(CCO)CCCOc1ccc2c(Nc3cnn(CC(=O)Nc4cccc(F)c4)c3)ncnc2c1. The van der Waals surface area contributed by atoms with E-state index in [9.17, 15) is 14.3 Å². The van der Waals surface area contributed by atoms with Crippen LogP contribution in [-0.4, -0.2) is 68.5 Å². The number of halogens is 1. The topological polar surface area (TPSA) is 117 Å². The summed E-state index contributed by atoms with van der Waals surface area (Å²) in [4.78, 5) is 23.3. The molecule has 3 N–H and O–H groups in total. The molecule has 0 unspecified atom stereocenters. The van der Waals surface area contributed by atoms with Crippen LogP contribution in [0.5, 0.6) is 5.75 Å². The lowest BCUT2D eigenvalue weighted by Gasteiger charge is -2.20. The summed E-state index contributed by atoms with van der Waals surface area (Å²) in [6, 6.07) is 11.4. The summed E-state index contributed by atoms with van der Waals surface area (Å²) in [6.45, 7) is 5.34. The minimum Gasteiger partial charge on any atom is -0.493 e. The zero-order chi connectivity index (χ0) is 26.7.